The molecule has 0 unspecified atom stereocenters. The van der Waals surface area contributed by atoms with Gasteiger partial charge in [-0.3, -0.25) is 4.79 Å². The van der Waals surface area contributed by atoms with Crippen molar-refractivity contribution in [1.29, 1.82) is 0 Å². The molecule has 1 amide bonds. The lowest BCUT2D eigenvalue weighted by Crippen LogP contribution is -2.41. The van der Waals surface area contributed by atoms with Gasteiger partial charge in [0.2, 0.25) is 10.0 Å². The highest BCUT2D eigenvalue weighted by Gasteiger charge is 2.31. The van der Waals surface area contributed by atoms with Crippen LogP contribution in [-0.2, 0) is 14.8 Å². The maximum absolute atomic E-state index is 13.3. The Morgan fingerprint density at radius 1 is 1.13 bits per heavy atom. The molecule has 4 rings (SSSR count). The summed E-state index contributed by atoms with van der Waals surface area (Å²) in [6.45, 7) is 1.71. The number of benzene rings is 2. The maximum Gasteiger partial charge on any atom is 0.258 e. The quantitative estimate of drug-likeness (QED) is 0.686. The largest absolute Gasteiger partial charge is 0.495 e. The summed E-state index contributed by atoms with van der Waals surface area (Å²) in [5.41, 5.74) is 1.01. The number of hydrogen-bond donors (Lipinski definition) is 0. The summed E-state index contributed by atoms with van der Waals surface area (Å²) in [7, 11) is -2.41. The summed E-state index contributed by atoms with van der Waals surface area (Å²) in [5.74, 6) is 0.672. The van der Waals surface area contributed by atoms with Crippen molar-refractivity contribution in [2.24, 2.45) is 0 Å². The molecule has 2 aliphatic rings. The molecule has 0 bridgehead atoms. The zero-order valence-corrected chi connectivity index (χ0v) is 18.7. The molecule has 0 spiro atoms. The van der Waals surface area contributed by atoms with Gasteiger partial charge in [0.15, 0.2) is 0 Å². The molecule has 0 saturated carbocycles. The Bertz CT molecular complexity index is 1070. The van der Waals surface area contributed by atoms with E-state index in [9.17, 15) is 13.2 Å². The number of amides is 1. The van der Waals surface area contributed by atoms with Gasteiger partial charge in [0.1, 0.15) is 10.6 Å². The third-order valence-electron chi connectivity index (χ3n) is 5.03. The van der Waals surface area contributed by atoms with E-state index in [1.165, 1.54) is 23.5 Å². The lowest BCUT2D eigenvalue weighted by molar-refractivity contribution is 0.0729. The van der Waals surface area contributed by atoms with Crippen LogP contribution in [0.5, 0.6) is 5.75 Å². The summed E-state index contributed by atoms with van der Waals surface area (Å²) in [4.78, 5) is 15.9. The number of methoxy groups -OCH3 is 1. The van der Waals surface area contributed by atoms with Gasteiger partial charge < -0.3 is 14.4 Å². The zero-order valence-electron chi connectivity index (χ0n) is 16.3. The van der Waals surface area contributed by atoms with Crippen LogP contribution in [0.15, 0.2) is 46.2 Å². The second-order valence-corrected chi connectivity index (χ2v) is 10.3. The molecule has 1 saturated heterocycles. The highest BCUT2D eigenvalue weighted by Crippen LogP contribution is 2.38. The molecule has 160 valence electrons. The highest BCUT2D eigenvalue weighted by molar-refractivity contribution is 7.99. The number of fused-ring (bicyclic) bond motifs is 1. The Balaban J connectivity index is 1.72. The van der Waals surface area contributed by atoms with Gasteiger partial charge in [-0.1, -0.05) is 11.6 Å². The topological polar surface area (TPSA) is 76.2 Å². The summed E-state index contributed by atoms with van der Waals surface area (Å²) in [5, 5.41) is 0.541. The Morgan fingerprint density at radius 2 is 1.90 bits per heavy atom. The van der Waals surface area contributed by atoms with E-state index in [2.05, 4.69) is 0 Å². The molecule has 1 fully saturated rings. The fourth-order valence-corrected chi connectivity index (χ4v) is 6.23. The minimum Gasteiger partial charge on any atom is -0.495 e. The van der Waals surface area contributed by atoms with Gasteiger partial charge in [0.05, 0.1) is 26.0 Å². The van der Waals surface area contributed by atoms with Crippen molar-refractivity contribution in [3.8, 4) is 5.75 Å². The molecule has 0 atom stereocenters. The number of morpholine rings is 1. The monoisotopic (exact) mass is 468 g/mol. The van der Waals surface area contributed by atoms with Crippen molar-refractivity contribution >= 4 is 45.0 Å². The first-order valence-corrected chi connectivity index (χ1v) is 12.2. The Hall–Kier alpha value is -1.78. The van der Waals surface area contributed by atoms with E-state index in [4.69, 9.17) is 21.1 Å². The first-order chi connectivity index (χ1) is 14.4. The molecule has 2 aliphatic heterocycles. The minimum absolute atomic E-state index is 0.0181. The second kappa shape index (κ2) is 8.76. The van der Waals surface area contributed by atoms with Gasteiger partial charge in [-0.15, -0.1) is 11.8 Å². The maximum atomic E-state index is 13.3. The summed E-state index contributed by atoms with van der Waals surface area (Å²) in [6, 6.07) is 9.96. The smallest absolute Gasteiger partial charge is 0.258 e. The highest BCUT2D eigenvalue weighted by atomic mass is 35.5. The van der Waals surface area contributed by atoms with Crippen LogP contribution in [0.1, 0.15) is 10.4 Å². The molecule has 2 heterocycles. The molecule has 10 heteroatoms. The average molecular weight is 469 g/mol. The van der Waals surface area contributed by atoms with Crippen LogP contribution >= 0.6 is 23.4 Å². The van der Waals surface area contributed by atoms with Crippen LogP contribution in [-0.4, -0.2) is 64.3 Å². The van der Waals surface area contributed by atoms with E-state index >= 15 is 0 Å². The average Bonchev–Trinajstić information content (AvgIpc) is 2.78. The number of rotatable bonds is 4. The number of ether oxygens (including phenoxy) is 2. The summed E-state index contributed by atoms with van der Waals surface area (Å²) >= 11 is 7.80. The second-order valence-electron chi connectivity index (χ2n) is 6.80. The van der Waals surface area contributed by atoms with Crippen LogP contribution < -0.4 is 9.64 Å². The van der Waals surface area contributed by atoms with E-state index in [0.717, 1.165) is 16.3 Å². The Labute approximate surface area is 184 Å². The molecule has 0 N–H and O–H groups in total. The Kier molecular flexibility index (Phi) is 6.26. The van der Waals surface area contributed by atoms with E-state index in [1.807, 2.05) is 6.07 Å². The third kappa shape index (κ3) is 4.04. The summed E-state index contributed by atoms with van der Waals surface area (Å²) < 4.78 is 38.3. The molecule has 30 heavy (non-hydrogen) atoms. The van der Waals surface area contributed by atoms with Crippen molar-refractivity contribution in [3.05, 3.63) is 47.0 Å². The van der Waals surface area contributed by atoms with Gasteiger partial charge in [0, 0.05) is 40.9 Å². The van der Waals surface area contributed by atoms with Crippen molar-refractivity contribution in [3.63, 3.8) is 0 Å². The van der Waals surface area contributed by atoms with Crippen molar-refractivity contribution < 1.29 is 22.7 Å². The Morgan fingerprint density at radius 3 is 2.63 bits per heavy atom. The van der Waals surface area contributed by atoms with E-state index in [0.29, 0.717) is 24.8 Å². The molecule has 0 aromatic heterocycles. The number of nitrogens with zero attached hydrogens (tertiary/aromatic N) is 2. The van der Waals surface area contributed by atoms with Crippen LogP contribution in [0.25, 0.3) is 0 Å². The van der Waals surface area contributed by atoms with Crippen molar-refractivity contribution in [1.82, 2.24) is 4.31 Å². The third-order valence-corrected chi connectivity index (χ3v) is 8.23. The molecule has 2 aromatic rings. The number of carbonyl (C=O) groups excluding carboxylic acids is 1. The van der Waals surface area contributed by atoms with E-state index in [1.54, 1.807) is 34.9 Å². The first kappa shape index (κ1) is 21.5. The fourth-order valence-electron chi connectivity index (χ4n) is 3.50. The zero-order chi connectivity index (χ0) is 21.3. The molecular formula is C20H21ClN2O5S2. The number of anilines is 1. The van der Waals surface area contributed by atoms with Gasteiger partial charge in [0.25, 0.3) is 5.91 Å². The molecular weight excluding hydrogens is 448 g/mol. The van der Waals surface area contributed by atoms with Crippen LogP contribution in [0.2, 0.25) is 5.02 Å². The molecule has 0 aliphatic carbocycles. The van der Waals surface area contributed by atoms with Crippen LogP contribution in [0, 0.1) is 0 Å². The number of halogens is 1. The minimum atomic E-state index is -3.83. The van der Waals surface area contributed by atoms with Gasteiger partial charge in [-0.25, -0.2) is 8.42 Å². The normalized spacial score (nSPS) is 17.5. The van der Waals surface area contributed by atoms with E-state index < -0.39 is 10.0 Å². The number of carbonyl (C=O) groups is 1. The molecule has 0 radical (unpaired) electrons. The standard InChI is InChI=1S/C20H21ClN2O5S2/c1-27-17-4-2-14(12-19(17)30(25,26)22-6-9-28-10-7-22)20(24)23-8-11-29-18-5-3-15(21)13-16(18)23/h2-5,12-13H,6-11H2,1H3. The lowest BCUT2D eigenvalue weighted by Gasteiger charge is -2.30. The predicted octanol–water partition coefficient (Wildman–Crippen LogP) is 3.12. The van der Waals surface area contributed by atoms with Crippen molar-refractivity contribution in [2.45, 2.75) is 9.79 Å². The lowest BCUT2D eigenvalue weighted by atomic mass is 10.1. The van der Waals surface area contributed by atoms with Crippen LogP contribution in [0.4, 0.5) is 5.69 Å². The van der Waals surface area contributed by atoms with Gasteiger partial charge >= 0.3 is 0 Å². The van der Waals surface area contributed by atoms with E-state index in [-0.39, 0.29) is 35.2 Å². The predicted molar refractivity (Wildman–Crippen MR) is 116 cm³/mol. The number of thioether (sulfide) groups is 1. The first-order valence-electron chi connectivity index (χ1n) is 9.42. The number of sulfonamides is 1. The fraction of sp³-hybridized carbons (Fsp3) is 0.350. The molecule has 2 aromatic carbocycles. The van der Waals surface area contributed by atoms with Gasteiger partial charge in [-0.2, -0.15) is 4.31 Å². The van der Waals surface area contributed by atoms with Gasteiger partial charge in [-0.05, 0) is 36.4 Å². The SMILES string of the molecule is COc1ccc(C(=O)N2CCSc3ccc(Cl)cc32)cc1S(=O)(=O)N1CCOCC1. The molecule has 7 nitrogen and oxygen atoms in total. The van der Waals surface area contributed by atoms with Crippen LogP contribution in [0.3, 0.4) is 0 Å². The number of hydrogen-bond acceptors (Lipinski definition) is 6. The summed E-state index contributed by atoms with van der Waals surface area (Å²) in [6.07, 6.45) is 0. The van der Waals surface area contributed by atoms with Crippen molar-refractivity contribution in [2.75, 3.05) is 50.6 Å².